The third-order valence-corrected chi connectivity index (χ3v) is 7.36. The molecule has 6 aromatic rings. The zero-order valence-corrected chi connectivity index (χ0v) is 27.4. The van der Waals surface area contributed by atoms with Gasteiger partial charge in [-0.3, -0.25) is 18.7 Å². The lowest BCUT2D eigenvalue weighted by molar-refractivity contribution is -0.160. The number of hydrogen-bond donors (Lipinski definition) is 3. The largest absolute Gasteiger partial charge is 0.448 e. The van der Waals surface area contributed by atoms with E-state index in [1.807, 2.05) is 0 Å². The summed E-state index contributed by atoms with van der Waals surface area (Å²) < 4.78 is 45.5. The molecule has 260 valence electrons. The Balaban J connectivity index is 0.000000195. The SMILES string of the molecule is COOSc1ncc2cc(Oc3ccccc3F)c(=O)n(C)c2n1.Cn1c(=O)c(Oc2ccccc2F)cc2cnc(NCC(O)CO)nc21. The first-order valence-electron chi connectivity index (χ1n) is 14.6. The van der Waals surface area contributed by atoms with Crippen LogP contribution in [0.2, 0.25) is 0 Å². The highest BCUT2D eigenvalue weighted by molar-refractivity contribution is 7.94. The van der Waals surface area contributed by atoms with Crippen LogP contribution in [0.1, 0.15) is 0 Å². The van der Waals surface area contributed by atoms with E-state index in [-0.39, 0.29) is 40.6 Å². The van der Waals surface area contributed by atoms with Crippen molar-refractivity contribution in [3.63, 3.8) is 0 Å². The number of aryl methyl sites for hydroxylation is 2. The molecule has 6 rings (SSSR count). The van der Waals surface area contributed by atoms with Gasteiger partial charge >= 0.3 is 0 Å². The summed E-state index contributed by atoms with van der Waals surface area (Å²) in [5, 5.41) is 22.3. The summed E-state index contributed by atoms with van der Waals surface area (Å²) in [6.07, 6.45) is 2.04. The van der Waals surface area contributed by atoms with Gasteiger partial charge in [-0.15, -0.1) is 0 Å². The van der Waals surface area contributed by atoms with Crippen LogP contribution >= 0.6 is 12.0 Å². The average molecular weight is 710 g/mol. The second kappa shape index (κ2) is 16.2. The maximum Gasteiger partial charge on any atom is 0.294 e. The van der Waals surface area contributed by atoms with Gasteiger partial charge in [-0.1, -0.05) is 24.3 Å². The van der Waals surface area contributed by atoms with Crippen molar-refractivity contribution in [3.05, 3.63) is 105 Å². The predicted octanol–water partition coefficient (Wildman–Crippen LogP) is 3.87. The number of benzene rings is 2. The van der Waals surface area contributed by atoms with E-state index in [0.29, 0.717) is 22.1 Å². The van der Waals surface area contributed by atoms with Gasteiger partial charge < -0.3 is 25.0 Å². The molecule has 0 saturated carbocycles. The predicted molar refractivity (Wildman–Crippen MR) is 178 cm³/mol. The molecule has 0 fully saturated rings. The van der Waals surface area contributed by atoms with E-state index < -0.39 is 35.5 Å². The highest BCUT2D eigenvalue weighted by Gasteiger charge is 2.15. The first kappa shape index (κ1) is 35.8. The van der Waals surface area contributed by atoms with E-state index >= 15 is 0 Å². The van der Waals surface area contributed by atoms with Gasteiger partial charge in [0.2, 0.25) is 11.1 Å². The smallest absolute Gasteiger partial charge is 0.294 e. The van der Waals surface area contributed by atoms with Crippen LogP contribution in [0.5, 0.6) is 23.0 Å². The summed E-state index contributed by atoms with van der Waals surface area (Å²) in [5.41, 5.74) is -0.209. The Morgan fingerprint density at radius 1 is 0.820 bits per heavy atom. The van der Waals surface area contributed by atoms with Gasteiger partial charge in [0, 0.05) is 43.8 Å². The number of ether oxygens (including phenoxy) is 2. The Morgan fingerprint density at radius 3 is 1.86 bits per heavy atom. The maximum atomic E-state index is 13.7. The topological polar surface area (TPSA) is 185 Å². The first-order chi connectivity index (χ1) is 24.1. The third-order valence-electron chi connectivity index (χ3n) is 6.81. The van der Waals surface area contributed by atoms with Gasteiger partial charge in [0.05, 0.1) is 19.8 Å². The van der Waals surface area contributed by atoms with Crippen LogP contribution in [0, 0.1) is 11.6 Å². The van der Waals surface area contributed by atoms with Crippen molar-refractivity contribution >= 4 is 40.1 Å². The monoisotopic (exact) mass is 709 g/mol. The molecule has 0 saturated heterocycles. The number of aliphatic hydroxyl groups is 2. The molecule has 0 bridgehead atoms. The van der Waals surface area contributed by atoms with Crippen LogP contribution < -0.4 is 25.9 Å². The van der Waals surface area contributed by atoms with E-state index in [0.717, 1.165) is 12.0 Å². The second-order valence-corrected chi connectivity index (χ2v) is 10.9. The van der Waals surface area contributed by atoms with Gasteiger partial charge in [0.15, 0.2) is 34.6 Å². The minimum absolute atomic E-state index is 0.0211. The standard InChI is InChI=1S/C17H17FN4O4.C15H12FN3O4S/c1-22-15-10(7-19-17(21-15)20-8-11(24)9-23)6-14(16(22)25)26-13-5-3-2-4-12(13)18;1-19-13-9(8-17-15(18-13)24-23-21-2)7-12(14(19)20)22-11-6-4-3-5-10(11)16/h2-7,11,23-24H,8-9H2,1H3,(H,19,20,21);3-8H,1-2H3. The van der Waals surface area contributed by atoms with Crippen LogP contribution in [0.15, 0.2) is 87.8 Å². The number of aliphatic hydroxyl groups excluding tert-OH is 2. The number of anilines is 1. The number of pyridine rings is 2. The van der Waals surface area contributed by atoms with E-state index in [1.165, 1.54) is 91.3 Å². The first-order valence-corrected chi connectivity index (χ1v) is 15.3. The number of rotatable bonds is 11. The Hall–Kier alpha value is -5.53. The van der Waals surface area contributed by atoms with Crippen molar-refractivity contribution in [1.29, 1.82) is 0 Å². The number of para-hydroxylation sites is 2. The molecular formula is C32H29F2N7O8S. The fourth-order valence-corrected chi connectivity index (χ4v) is 4.67. The fourth-order valence-electron chi connectivity index (χ4n) is 4.32. The van der Waals surface area contributed by atoms with Crippen molar-refractivity contribution in [2.75, 3.05) is 25.6 Å². The number of hydrogen-bond acceptors (Lipinski definition) is 14. The maximum absolute atomic E-state index is 13.7. The highest BCUT2D eigenvalue weighted by Crippen LogP contribution is 2.26. The van der Waals surface area contributed by atoms with Gasteiger partial charge in [-0.2, -0.15) is 9.32 Å². The molecule has 0 radical (unpaired) electrons. The number of fused-ring (bicyclic) bond motifs is 2. The average Bonchev–Trinajstić information content (AvgIpc) is 3.13. The van der Waals surface area contributed by atoms with Crippen molar-refractivity contribution in [3.8, 4) is 23.0 Å². The number of nitrogens with zero attached hydrogens (tertiary/aromatic N) is 6. The highest BCUT2D eigenvalue weighted by atomic mass is 32.2. The lowest BCUT2D eigenvalue weighted by Crippen LogP contribution is -2.24. The minimum Gasteiger partial charge on any atom is -0.448 e. The van der Waals surface area contributed by atoms with E-state index in [2.05, 4.69) is 30.1 Å². The van der Waals surface area contributed by atoms with Crippen LogP contribution in [-0.2, 0) is 23.3 Å². The summed E-state index contributed by atoms with van der Waals surface area (Å²) >= 11 is 0.818. The molecule has 50 heavy (non-hydrogen) atoms. The van der Waals surface area contributed by atoms with Gasteiger partial charge in [-0.25, -0.2) is 28.6 Å². The van der Waals surface area contributed by atoms with E-state index in [9.17, 15) is 23.5 Å². The van der Waals surface area contributed by atoms with Crippen molar-refractivity contribution in [1.82, 2.24) is 29.1 Å². The Kier molecular flexibility index (Phi) is 11.6. The molecule has 0 spiro atoms. The molecule has 1 unspecified atom stereocenters. The molecule has 18 heteroatoms. The van der Waals surface area contributed by atoms with Crippen molar-refractivity contribution in [2.45, 2.75) is 11.3 Å². The van der Waals surface area contributed by atoms with Gasteiger partial charge in [-0.05, 0) is 36.4 Å². The molecule has 2 aromatic carbocycles. The summed E-state index contributed by atoms with van der Waals surface area (Å²) in [6.45, 7) is -0.333. The molecule has 3 N–H and O–H groups in total. The van der Waals surface area contributed by atoms with E-state index in [1.54, 1.807) is 12.1 Å². The summed E-state index contributed by atoms with van der Waals surface area (Å²) in [4.78, 5) is 46.0. The zero-order chi connectivity index (χ0) is 35.8. The Labute approximate surface area is 285 Å². The molecule has 1 atom stereocenters. The molecule has 0 aliphatic rings. The quantitative estimate of drug-likeness (QED) is 0.0762. The van der Waals surface area contributed by atoms with Crippen molar-refractivity contribution < 1.29 is 37.7 Å². The lowest BCUT2D eigenvalue weighted by atomic mass is 10.3. The van der Waals surface area contributed by atoms with Crippen LogP contribution in [-0.4, -0.2) is 65.6 Å². The van der Waals surface area contributed by atoms with Crippen LogP contribution in [0.4, 0.5) is 14.7 Å². The van der Waals surface area contributed by atoms with Gasteiger partial charge in [0.1, 0.15) is 23.3 Å². The Morgan fingerprint density at radius 2 is 1.34 bits per heavy atom. The molecule has 15 nitrogen and oxygen atoms in total. The Bertz CT molecular complexity index is 2260. The van der Waals surface area contributed by atoms with E-state index in [4.69, 9.17) is 18.9 Å². The van der Waals surface area contributed by atoms with Crippen molar-refractivity contribution in [2.24, 2.45) is 14.1 Å². The minimum atomic E-state index is -0.949. The number of halogens is 2. The molecule has 4 heterocycles. The lowest BCUT2D eigenvalue weighted by Gasteiger charge is -2.12. The summed E-state index contributed by atoms with van der Waals surface area (Å²) in [7, 11) is 4.41. The molecular weight excluding hydrogens is 680 g/mol. The van der Waals surface area contributed by atoms with Gasteiger partial charge in [0.25, 0.3) is 11.1 Å². The van der Waals surface area contributed by atoms with Crippen LogP contribution in [0.3, 0.4) is 0 Å². The molecule has 0 amide bonds. The zero-order valence-electron chi connectivity index (χ0n) is 26.6. The molecule has 0 aliphatic carbocycles. The second-order valence-electron chi connectivity index (χ2n) is 10.2. The number of aromatic nitrogens is 6. The third kappa shape index (κ3) is 8.36. The molecule has 4 aromatic heterocycles. The summed E-state index contributed by atoms with van der Waals surface area (Å²) in [5.74, 6) is -1.09. The number of nitrogens with one attached hydrogen (secondary N) is 1. The fraction of sp³-hybridized carbons (Fsp3) is 0.188. The normalized spacial score (nSPS) is 11.6. The molecule has 0 aliphatic heterocycles. The van der Waals surface area contributed by atoms with Crippen LogP contribution in [0.25, 0.3) is 22.1 Å². The summed E-state index contributed by atoms with van der Waals surface area (Å²) in [6, 6.07) is 14.6.